The average Bonchev–Trinajstić information content (AvgIpc) is 2.87. The summed E-state index contributed by atoms with van der Waals surface area (Å²) >= 11 is 0. The van der Waals surface area contributed by atoms with E-state index in [1.165, 1.54) is 0 Å². The number of aromatic nitrogens is 4. The zero-order valence-corrected chi connectivity index (χ0v) is 14.3. The van der Waals surface area contributed by atoms with Crippen molar-refractivity contribution in [3.05, 3.63) is 35.5 Å². The third kappa shape index (κ3) is 3.72. The highest BCUT2D eigenvalue weighted by atomic mass is 16.2. The van der Waals surface area contributed by atoms with Crippen molar-refractivity contribution >= 4 is 11.7 Å². The molecular formula is C17H24N6O. The fourth-order valence-corrected chi connectivity index (χ4v) is 3.33. The summed E-state index contributed by atoms with van der Waals surface area (Å²) in [5.41, 5.74) is 8.67. The van der Waals surface area contributed by atoms with Crippen LogP contribution in [0.4, 0.5) is 5.82 Å². The Morgan fingerprint density at radius 2 is 2.12 bits per heavy atom. The Kier molecular flexibility index (Phi) is 4.78. The number of likely N-dealkylation sites (tertiary alicyclic amines) is 1. The first-order valence-corrected chi connectivity index (χ1v) is 8.37. The van der Waals surface area contributed by atoms with Crippen molar-refractivity contribution in [3.63, 3.8) is 0 Å². The summed E-state index contributed by atoms with van der Waals surface area (Å²) in [6.45, 7) is 5.78. The molecule has 2 N–H and O–H groups in total. The van der Waals surface area contributed by atoms with Crippen molar-refractivity contribution in [2.75, 3.05) is 18.8 Å². The van der Waals surface area contributed by atoms with Gasteiger partial charge < -0.3 is 10.6 Å². The first-order chi connectivity index (χ1) is 11.5. The number of hydrogen-bond acceptors (Lipinski definition) is 5. The third-order valence-corrected chi connectivity index (χ3v) is 4.55. The smallest absolute Gasteiger partial charge is 0.244 e. The Labute approximate surface area is 141 Å². The molecule has 0 aliphatic carbocycles. The van der Waals surface area contributed by atoms with Crippen LogP contribution < -0.4 is 5.73 Å². The first-order valence-electron chi connectivity index (χ1n) is 8.37. The van der Waals surface area contributed by atoms with Gasteiger partial charge in [0.25, 0.3) is 0 Å². The first kappa shape index (κ1) is 16.4. The minimum atomic E-state index is 0.123. The van der Waals surface area contributed by atoms with Crippen LogP contribution in [0.3, 0.4) is 0 Å². The van der Waals surface area contributed by atoms with Gasteiger partial charge in [0, 0.05) is 31.2 Å². The van der Waals surface area contributed by atoms with E-state index in [0.29, 0.717) is 18.3 Å². The molecule has 1 saturated heterocycles. The number of hydrogen-bond donors (Lipinski definition) is 1. The fourth-order valence-electron chi connectivity index (χ4n) is 3.33. The molecule has 0 spiro atoms. The maximum Gasteiger partial charge on any atom is 0.244 e. The minimum Gasteiger partial charge on any atom is -0.382 e. The highest BCUT2D eigenvalue weighted by Crippen LogP contribution is 2.22. The predicted molar refractivity (Wildman–Crippen MR) is 91.2 cm³/mol. The second kappa shape index (κ2) is 6.98. The highest BCUT2D eigenvalue weighted by Gasteiger charge is 2.25. The van der Waals surface area contributed by atoms with E-state index in [4.69, 9.17) is 5.73 Å². The second-order valence-corrected chi connectivity index (χ2v) is 6.53. The molecule has 128 valence electrons. The summed E-state index contributed by atoms with van der Waals surface area (Å²) < 4.78 is 1.78. The molecule has 3 heterocycles. The standard InChI is InChI=1S/C17H24N6O/c1-12-8-13(2)23(21-12)11-16(24)22-7-3-4-14(10-22)9-15-17(18)20-6-5-19-15/h5-6,8,14H,3-4,7,9-11H2,1-2H3,(H2,18,20)/t14-/m1/s1. The van der Waals surface area contributed by atoms with Gasteiger partial charge in [0.1, 0.15) is 12.4 Å². The van der Waals surface area contributed by atoms with E-state index < -0.39 is 0 Å². The molecule has 0 saturated carbocycles. The van der Waals surface area contributed by atoms with Crippen LogP contribution in [-0.2, 0) is 17.8 Å². The number of nitrogens with zero attached hydrogens (tertiary/aromatic N) is 5. The van der Waals surface area contributed by atoms with E-state index in [-0.39, 0.29) is 5.91 Å². The lowest BCUT2D eigenvalue weighted by Crippen LogP contribution is -2.42. The third-order valence-electron chi connectivity index (χ3n) is 4.55. The van der Waals surface area contributed by atoms with Crippen LogP contribution in [0.2, 0.25) is 0 Å². The van der Waals surface area contributed by atoms with Crippen molar-refractivity contribution in [2.45, 2.75) is 39.7 Å². The Hall–Kier alpha value is -2.44. The largest absolute Gasteiger partial charge is 0.382 e. The quantitative estimate of drug-likeness (QED) is 0.915. The van der Waals surface area contributed by atoms with Crippen molar-refractivity contribution in [3.8, 4) is 0 Å². The number of rotatable bonds is 4. The summed E-state index contributed by atoms with van der Waals surface area (Å²) in [7, 11) is 0. The van der Waals surface area contributed by atoms with Gasteiger partial charge in [0.05, 0.1) is 11.4 Å². The lowest BCUT2D eigenvalue weighted by molar-refractivity contribution is -0.133. The lowest BCUT2D eigenvalue weighted by atomic mass is 9.93. The number of nitrogen functional groups attached to an aromatic ring is 1. The Balaban J connectivity index is 1.61. The molecule has 7 heteroatoms. The van der Waals surface area contributed by atoms with Gasteiger partial charge in [-0.2, -0.15) is 5.10 Å². The minimum absolute atomic E-state index is 0.123. The molecular weight excluding hydrogens is 304 g/mol. The molecule has 0 bridgehead atoms. The van der Waals surface area contributed by atoms with Gasteiger partial charge in [-0.3, -0.25) is 14.5 Å². The van der Waals surface area contributed by atoms with Crippen molar-refractivity contribution in [1.82, 2.24) is 24.6 Å². The molecule has 1 amide bonds. The summed E-state index contributed by atoms with van der Waals surface area (Å²) in [6, 6.07) is 1.99. The number of nitrogens with two attached hydrogens (primary N) is 1. The molecule has 0 unspecified atom stereocenters. The number of carbonyl (C=O) groups excluding carboxylic acids is 1. The van der Waals surface area contributed by atoms with Gasteiger partial charge in [0.2, 0.25) is 5.91 Å². The normalized spacial score (nSPS) is 17.9. The van der Waals surface area contributed by atoms with Gasteiger partial charge >= 0.3 is 0 Å². The Bertz CT molecular complexity index is 726. The van der Waals surface area contributed by atoms with Crippen molar-refractivity contribution in [1.29, 1.82) is 0 Å². The summed E-state index contributed by atoms with van der Waals surface area (Å²) in [6.07, 6.45) is 6.13. The average molecular weight is 328 g/mol. The molecule has 2 aromatic heterocycles. The van der Waals surface area contributed by atoms with Crippen LogP contribution in [0.15, 0.2) is 18.5 Å². The molecule has 7 nitrogen and oxygen atoms in total. The summed E-state index contributed by atoms with van der Waals surface area (Å²) in [4.78, 5) is 23.0. The predicted octanol–water partition coefficient (Wildman–Crippen LogP) is 1.35. The zero-order valence-electron chi connectivity index (χ0n) is 14.3. The highest BCUT2D eigenvalue weighted by molar-refractivity contribution is 5.76. The molecule has 0 radical (unpaired) electrons. The van der Waals surface area contributed by atoms with E-state index in [9.17, 15) is 4.79 Å². The number of anilines is 1. The van der Waals surface area contributed by atoms with Crippen LogP contribution in [0.1, 0.15) is 29.9 Å². The van der Waals surface area contributed by atoms with Crippen LogP contribution >= 0.6 is 0 Å². The van der Waals surface area contributed by atoms with E-state index in [0.717, 1.165) is 49.4 Å². The molecule has 3 rings (SSSR count). The molecule has 2 aromatic rings. The van der Waals surface area contributed by atoms with Gasteiger partial charge in [0.15, 0.2) is 0 Å². The van der Waals surface area contributed by atoms with Gasteiger partial charge in [-0.25, -0.2) is 4.98 Å². The molecule has 1 aliphatic heterocycles. The number of amides is 1. The van der Waals surface area contributed by atoms with Crippen LogP contribution in [-0.4, -0.2) is 43.6 Å². The maximum atomic E-state index is 12.6. The zero-order chi connectivity index (χ0) is 17.1. The van der Waals surface area contributed by atoms with Crippen LogP contribution in [0.5, 0.6) is 0 Å². The number of carbonyl (C=O) groups is 1. The molecule has 0 aromatic carbocycles. The van der Waals surface area contributed by atoms with E-state index in [1.807, 2.05) is 24.8 Å². The van der Waals surface area contributed by atoms with Crippen molar-refractivity contribution < 1.29 is 4.79 Å². The fraction of sp³-hybridized carbons (Fsp3) is 0.529. The topological polar surface area (TPSA) is 89.9 Å². The van der Waals surface area contributed by atoms with E-state index in [2.05, 4.69) is 15.1 Å². The molecule has 24 heavy (non-hydrogen) atoms. The maximum absolute atomic E-state index is 12.6. The Morgan fingerprint density at radius 3 is 2.83 bits per heavy atom. The van der Waals surface area contributed by atoms with Gasteiger partial charge in [-0.05, 0) is 45.1 Å². The van der Waals surface area contributed by atoms with Crippen LogP contribution in [0, 0.1) is 19.8 Å². The molecule has 1 fully saturated rings. The number of piperidine rings is 1. The monoisotopic (exact) mass is 328 g/mol. The van der Waals surface area contributed by atoms with Gasteiger partial charge in [-0.1, -0.05) is 0 Å². The van der Waals surface area contributed by atoms with E-state index in [1.54, 1.807) is 17.1 Å². The van der Waals surface area contributed by atoms with Crippen molar-refractivity contribution in [2.24, 2.45) is 5.92 Å². The second-order valence-electron chi connectivity index (χ2n) is 6.53. The Morgan fingerprint density at radius 1 is 1.33 bits per heavy atom. The summed E-state index contributed by atoms with van der Waals surface area (Å²) in [5.74, 6) is 0.990. The molecule has 1 aliphatic rings. The van der Waals surface area contributed by atoms with Gasteiger partial charge in [-0.15, -0.1) is 0 Å². The lowest BCUT2D eigenvalue weighted by Gasteiger charge is -2.33. The number of aryl methyl sites for hydroxylation is 2. The van der Waals surface area contributed by atoms with E-state index >= 15 is 0 Å². The van der Waals surface area contributed by atoms with Crippen LogP contribution in [0.25, 0.3) is 0 Å². The summed E-state index contributed by atoms with van der Waals surface area (Å²) in [5, 5.41) is 4.38. The molecule has 1 atom stereocenters. The SMILES string of the molecule is Cc1cc(C)n(CC(=O)N2CCC[C@H](Cc3nccnc3N)C2)n1.